The molecule has 0 spiro atoms. The molecule has 80 valence electrons. The summed E-state index contributed by atoms with van der Waals surface area (Å²) in [5.74, 6) is 0. The molecule has 0 bridgehead atoms. The number of aryl methyl sites for hydroxylation is 1. The summed E-state index contributed by atoms with van der Waals surface area (Å²) in [6.07, 6.45) is 5.11. The molecule has 0 aliphatic heterocycles. The Morgan fingerprint density at radius 3 is 2.93 bits per heavy atom. The number of nitrogens with one attached hydrogen (secondary N) is 1. The van der Waals surface area contributed by atoms with Crippen molar-refractivity contribution in [1.29, 1.82) is 0 Å². The van der Waals surface area contributed by atoms with Crippen molar-refractivity contribution in [2.24, 2.45) is 0 Å². The van der Waals surface area contributed by atoms with Gasteiger partial charge in [0.25, 0.3) is 0 Å². The van der Waals surface area contributed by atoms with E-state index in [4.69, 9.17) is 0 Å². The van der Waals surface area contributed by atoms with E-state index in [9.17, 15) is 0 Å². The lowest BCUT2D eigenvalue weighted by molar-refractivity contribution is 0.686. The predicted molar refractivity (Wildman–Crippen MR) is 69.6 cm³/mol. The molecular weight excluding hydrogens is 250 g/mol. The van der Waals surface area contributed by atoms with Crippen LogP contribution in [0.1, 0.15) is 24.0 Å². The topological polar surface area (TPSA) is 12.0 Å². The van der Waals surface area contributed by atoms with Gasteiger partial charge in [0, 0.05) is 16.7 Å². The van der Waals surface area contributed by atoms with Crippen molar-refractivity contribution in [3.63, 3.8) is 0 Å². The van der Waals surface area contributed by atoms with Crippen LogP contribution < -0.4 is 5.32 Å². The highest BCUT2D eigenvalue weighted by molar-refractivity contribution is 9.11. The van der Waals surface area contributed by atoms with Gasteiger partial charge >= 0.3 is 0 Å². The highest BCUT2D eigenvalue weighted by Gasteiger charge is 2.12. The SMILES string of the molecule is C=C(Br)CNc1cccc2c1CCCC2. The Morgan fingerprint density at radius 1 is 1.33 bits per heavy atom. The van der Waals surface area contributed by atoms with Crippen LogP contribution >= 0.6 is 15.9 Å². The van der Waals surface area contributed by atoms with Gasteiger partial charge in [0.05, 0.1) is 0 Å². The summed E-state index contributed by atoms with van der Waals surface area (Å²) >= 11 is 3.37. The molecule has 15 heavy (non-hydrogen) atoms. The van der Waals surface area contributed by atoms with Crippen LogP contribution in [0.2, 0.25) is 0 Å². The third-order valence-corrected chi connectivity index (χ3v) is 3.15. The highest BCUT2D eigenvalue weighted by Crippen LogP contribution is 2.27. The lowest BCUT2D eigenvalue weighted by Gasteiger charge is -2.20. The fraction of sp³-hybridized carbons (Fsp3) is 0.385. The molecule has 0 saturated carbocycles. The molecule has 1 aliphatic carbocycles. The van der Waals surface area contributed by atoms with Gasteiger partial charge in [-0.2, -0.15) is 0 Å². The van der Waals surface area contributed by atoms with Crippen LogP contribution in [0.3, 0.4) is 0 Å². The first-order valence-corrected chi connectivity index (χ1v) is 6.24. The Hall–Kier alpha value is -0.760. The molecule has 1 aliphatic rings. The van der Waals surface area contributed by atoms with Gasteiger partial charge in [-0.1, -0.05) is 34.6 Å². The minimum Gasteiger partial charge on any atom is -0.380 e. The van der Waals surface area contributed by atoms with Crippen molar-refractivity contribution >= 4 is 21.6 Å². The first-order valence-electron chi connectivity index (χ1n) is 5.45. The Bertz CT molecular complexity index is 371. The molecule has 1 N–H and O–H groups in total. The van der Waals surface area contributed by atoms with Gasteiger partial charge < -0.3 is 5.32 Å². The minimum absolute atomic E-state index is 0.802. The van der Waals surface area contributed by atoms with Crippen molar-refractivity contribution in [3.05, 3.63) is 40.4 Å². The van der Waals surface area contributed by atoms with E-state index in [1.807, 2.05) is 0 Å². The summed E-state index contributed by atoms with van der Waals surface area (Å²) < 4.78 is 0.996. The standard InChI is InChI=1S/C13H16BrN/c1-10(14)9-15-13-8-4-6-11-5-2-3-7-12(11)13/h4,6,8,15H,1-3,5,7,9H2. The third kappa shape index (κ3) is 2.63. The molecule has 1 aromatic carbocycles. The Kier molecular flexibility index (Phi) is 3.47. The first-order chi connectivity index (χ1) is 7.27. The molecule has 0 heterocycles. The van der Waals surface area contributed by atoms with E-state index in [0.717, 1.165) is 11.0 Å². The zero-order valence-electron chi connectivity index (χ0n) is 8.85. The first kappa shape index (κ1) is 10.7. The van der Waals surface area contributed by atoms with Gasteiger partial charge in [-0.3, -0.25) is 0 Å². The van der Waals surface area contributed by atoms with Crippen LogP contribution in [0.15, 0.2) is 29.3 Å². The molecule has 0 radical (unpaired) electrons. The average Bonchev–Trinajstić information content (AvgIpc) is 2.26. The molecule has 0 fully saturated rings. The van der Waals surface area contributed by atoms with Gasteiger partial charge in [0.2, 0.25) is 0 Å². The summed E-state index contributed by atoms with van der Waals surface area (Å²) in [4.78, 5) is 0. The molecule has 0 amide bonds. The average molecular weight is 266 g/mol. The van der Waals surface area contributed by atoms with E-state index < -0.39 is 0 Å². The second-order valence-corrected chi connectivity index (χ2v) is 5.14. The van der Waals surface area contributed by atoms with Crippen molar-refractivity contribution in [1.82, 2.24) is 0 Å². The fourth-order valence-electron chi connectivity index (χ4n) is 2.14. The number of halogens is 1. The molecule has 0 atom stereocenters. The van der Waals surface area contributed by atoms with E-state index in [1.165, 1.54) is 42.5 Å². The van der Waals surface area contributed by atoms with Crippen LogP contribution in [0, 0.1) is 0 Å². The maximum Gasteiger partial charge on any atom is 0.0460 e. The zero-order valence-corrected chi connectivity index (χ0v) is 10.4. The summed E-state index contributed by atoms with van der Waals surface area (Å²) in [6.45, 7) is 4.64. The highest BCUT2D eigenvalue weighted by atomic mass is 79.9. The second kappa shape index (κ2) is 4.84. The molecular formula is C13H16BrN. The molecule has 2 rings (SSSR count). The van der Waals surface area contributed by atoms with Crippen molar-refractivity contribution in [2.75, 3.05) is 11.9 Å². The Balaban J connectivity index is 2.19. The minimum atomic E-state index is 0.802. The fourth-order valence-corrected chi connectivity index (χ4v) is 2.28. The van der Waals surface area contributed by atoms with Crippen LogP contribution in [-0.2, 0) is 12.8 Å². The number of fused-ring (bicyclic) bond motifs is 1. The van der Waals surface area contributed by atoms with E-state index >= 15 is 0 Å². The Labute approximate surface area is 99.7 Å². The van der Waals surface area contributed by atoms with E-state index in [1.54, 1.807) is 0 Å². The smallest absolute Gasteiger partial charge is 0.0460 e. The van der Waals surface area contributed by atoms with Gasteiger partial charge in [0.1, 0.15) is 0 Å². The van der Waals surface area contributed by atoms with E-state index in [0.29, 0.717) is 0 Å². The Morgan fingerprint density at radius 2 is 2.13 bits per heavy atom. The van der Waals surface area contributed by atoms with Crippen LogP contribution in [0.4, 0.5) is 5.69 Å². The van der Waals surface area contributed by atoms with Crippen LogP contribution in [-0.4, -0.2) is 6.54 Å². The number of rotatable bonds is 3. The second-order valence-electron chi connectivity index (χ2n) is 4.02. The maximum absolute atomic E-state index is 3.84. The van der Waals surface area contributed by atoms with Crippen LogP contribution in [0.5, 0.6) is 0 Å². The normalized spacial score (nSPS) is 14.5. The van der Waals surface area contributed by atoms with Gasteiger partial charge in [0.15, 0.2) is 0 Å². The lowest BCUT2D eigenvalue weighted by atomic mass is 9.90. The largest absolute Gasteiger partial charge is 0.380 e. The summed E-state index contributed by atoms with van der Waals surface area (Å²) in [5.41, 5.74) is 4.32. The van der Waals surface area contributed by atoms with Crippen molar-refractivity contribution in [2.45, 2.75) is 25.7 Å². The quantitative estimate of drug-likeness (QED) is 0.875. The van der Waals surface area contributed by atoms with Crippen molar-refractivity contribution < 1.29 is 0 Å². The summed E-state index contributed by atoms with van der Waals surface area (Å²) in [5, 5.41) is 3.43. The van der Waals surface area contributed by atoms with Crippen molar-refractivity contribution in [3.8, 4) is 0 Å². The molecule has 0 saturated heterocycles. The molecule has 1 aromatic rings. The molecule has 1 nitrogen and oxygen atoms in total. The van der Waals surface area contributed by atoms with E-state index in [2.05, 4.69) is 46.0 Å². The van der Waals surface area contributed by atoms with Gasteiger partial charge in [-0.15, -0.1) is 0 Å². The number of hydrogen-bond donors (Lipinski definition) is 1. The monoisotopic (exact) mass is 265 g/mol. The lowest BCUT2D eigenvalue weighted by Crippen LogP contribution is -2.09. The molecule has 2 heteroatoms. The molecule has 0 unspecified atom stereocenters. The van der Waals surface area contributed by atoms with Gasteiger partial charge in [-0.25, -0.2) is 0 Å². The number of benzene rings is 1. The number of hydrogen-bond acceptors (Lipinski definition) is 1. The van der Waals surface area contributed by atoms with E-state index in [-0.39, 0.29) is 0 Å². The summed E-state index contributed by atoms with van der Waals surface area (Å²) in [7, 11) is 0. The molecule has 0 aromatic heterocycles. The number of anilines is 1. The summed E-state index contributed by atoms with van der Waals surface area (Å²) in [6, 6.07) is 6.56. The van der Waals surface area contributed by atoms with Crippen LogP contribution in [0.25, 0.3) is 0 Å². The predicted octanol–water partition coefficient (Wildman–Crippen LogP) is 3.89. The third-order valence-electron chi connectivity index (χ3n) is 2.87. The maximum atomic E-state index is 3.84. The zero-order chi connectivity index (χ0) is 10.7. The van der Waals surface area contributed by atoms with Gasteiger partial charge in [-0.05, 0) is 42.9 Å².